The Morgan fingerprint density at radius 3 is 0.952 bits per heavy atom. The molecule has 0 nitrogen and oxygen atoms in total. The summed E-state index contributed by atoms with van der Waals surface area (Å²) < 4.78 is 0. The maximum absolute atomic E-state index is 4.58. The molecule has 3 heteroatoms. The van der Waals surface area contributed by atoms with Crippen LogP contribution in [0.1, 0.15) is 96.3 Å². The molecule has 0 amide bonds. The van der Waals surface area contributed by atoms with Crippen molar-refractivity contribution >= 4 is 17.1 Å². The van der Waals surface area contributed by atoms with E-state index >= 15 is 0 Å². The van der Waals surface area contributed by atoms with E-state index in [9.17, 15) is 0 Å². The van der Waals surface area contributed by atoms with E-state index in [1.165, 1.54) is 17.0 Å². The Morgan fingerprint density at radius 2 is 0.714 bits per heavy atom. The molecule has 0 heterocycles. The van der Waals surface area contributed by atoms with E-state index < -0.39 is 0 Å². The fourth-order valence-electron chi connectivity index (χ4n) is 5.31. The van der Waals surface area contributed by atoms with Crippen molar-refractivity contribution in [1.29, 1.82) is 0 Å². The standard InChI is InChI=1S/C18H33P.Au.ClH/c1-4-10-16(11-5-1)19(17-12-6-2-7-13-17)18-14-8-3-9-15-18;;/h16-18H,1-15H2;;1H/q;+1;. The number of hydrogen-bond donors (Lipinski definition) is 0. The van der Waals surface area contributed by atoms with E-state index in [1.807, 2.05) is 0 Å². The van der Waals surface area contributed by atoms with Crippen molar-refractivity contribution in [3.05, 3.63) is 0 Å². The van der Waals surface area contributed by atoms with Gasteiger partial charge < -0.3 is 0 Å². The summed E-state index contributed by atoms with van der Waals surface area (Å²) in [7, 11) is 4.54. The molecule has 0 saturated heterocycles. The minimum atomic E-state index is -0.0465. The van der Waals surface area contributed by atoms with Crippen LogP contribution in [0.25, 0.3) is 0 Å². The molecule has 0 N–H and O–H groups in total. The van der Waals surface area contributed by atoms with Crippen molar-refractivity contribution in [1.82, 2.24) is 0 Å². The van der Waals surface area contributed by atoms with Crippen LogP contribution in [0.5, 0.6) is 0 Å². The van der Waals surface area contributed by atoms with E-state index in [2.05, 4.69) is 9.19 Å². The number of rotatable bonds is 3. The zero-order valence-corrected chi connectivity index (χ0v) is 17.4. The van der Waals surface area contributed by atoms with Crippen molar-refractivity contribution in [2.45, 2.75) is 113 Å². The summed E-state index contributed by atoms with van der Waals surface area (Å²) in [6, 6.07) is 0. The SMILES string of the molecule is C1CCC([PH+](C2CCCCC2)C2CCCCC2)CC1.[Cl][Au]. The zero-order valence-electron chi connectivity index (χ0n) is 13.5. The zero-order chi connectivity index (χ0) is 14.9. The van der Waals surface area contributed by atoms with Crippen LogP contribution in [-0.4, -0.2) is 17.0 Å². The van der Waals surface area contributed by atoms with Gasteiger partial charge in [0, 0.05) is 7.92 Å². The first-order chi connectivity index (χ1) is 10.4. The Morgan fingerprint density at radius 1 is 0.476 bits per heavy atom. The Bertz CT molecular complexity index is 213. The van der Waals surface area contributed by atoms with E-state index in [4.69, 9.17) is 0 Å². The van der Waals surface area contributed by atoms with Gasteiger partial charge in [-0.15, -0.1) is 0 Å². The van der Waals surface area contributed by atoms with Crippen LogP contribution < -0.4 is 0 Å². The molecule has 0 aromatic carbocycles. The van der Waals surface area contributed by atoms with Crippen molar-refractivity contribution in [3.8, 4) is 0 Å². The molecule has 3 saturated carbocycles. The first-order valence-electron chi connectivity index (χ1n) is 9.43. The Balaban J connectivity index is 0.000000774. The molecule has 0 atom stereocenters. The van der Waals surface area contributed by atoms with Crippen molar-refractivity contribution < 1.29 is 20.0 Å². The summed E-state index contributed by atoms with van der Waals surface area (Å²) in [5.41, 5.74) is 3.68. The molecule has 3 rings (SSSR count). The van der Waals surface area contributed by atoms with Crippen LogP contribution >= 0.6 is 17.1 Å². The van der Waals surface area contributed by atoms with E-state index in [0.29, 0.717) is 0 Å². The van der Waals surface area contributed by atoms with Gasteiger partial charge in [0.15, 0.2) is 0 Å². The summed E-state index contributed by atoms with van der Waals surface area (Å²) in [5, 5.41) is 0. The topological polar surface area (TPSA) is 0 Å². The normalized spacial score (nSPS) is 26.5. The van der Waals surface area contributed by atoms with Crippen LogP contribution in [0.2, 0.25) is 0 Å². The Labute approximate surface area is 150 Å². The van der Waals surface area contributed by atoms with Gasteiger partial charge in [0.1, 0.15) is 0 Å². The second-order valence-electron chi connectivity index (χ2n) is 7.50. The third-order valence-corrected chi connectivity index (χ3v) is 10.8. The van der Waals surface area contributed by atoms with Crippen LogP contribution in [-0.2, 0) is 20.0 Å². The molecular weight excluding hydrogens is 480 g/mol. The fraction of sp³-hybridized carbons (Fsp3) is 1.00. The van der Waals surface area contributed by atoms with Crippen LogP contribution in [0.15, 0.2) is 0 Å². The molecule has 3 aliphatic carbocycles. The van der Waals surface area contributed by atoms with Crippen LogP contribution in [0.3, 0.4) is 0 Å². The molecule has 3 fully saturated rings. The summed E-state index contributed by atoms with van der Waals surface area (Å²) >= 11 is 1.75. The van der Waals surface area contributed by atoms with Gasteiger partial charge in [-0.2, -0.15) is 0 Å². The predicted molar refractivity (Wildman–Crippen MR) is 94.8 cm³/mol. The third-order valence-electron chi connectivity index (χ3n) is 6.23. The van der Waals surface area contributed by atoms with Gasteiger partial charge >= 0.3 is 29.2 Å². The Hall–Kier alpha value is 1.46. The first kappa shape index (κ1) is 18.8. The van der Waals surface area contributed by atoms with Crippen molar-refractivity contribution in [2.24, 2.45) is 0 Å². The van der Waals surface area contributed by atoms with Crippen LogP contribution in [0.4, 0.5) is 0 Å². The van der Waals surface area contributed by atoms with E-state index in [-0.39, 0.29) is 7.92 Å². The molecular formula is C18H34AuClP+. The third kappa shape index (κ3) is 5.79. The molecule has 0 aromatic heterocycles. The average Bonchev–Trinajstić information content (AvgIpc) is 2.60. The molecule has 0 aromatic rings. The van der Waals surface area contributed by atoms with E-state index in [0.717, 1.165) is 0 Å². The molecule has 0 unspecified atom stereocenters. The minimum absolute atomic E-state index is 0.0465. The monoisotopic (exact) mass is 513 g/mol. The van der Waals surface area contributed by atoms with Gasteiger partial charge in [0.25, 0.3) is 0 Å². The van der Waals surface area contributed by atoms with Gasteiger partial charge in [-0.05, 0) is 77.0 Å². The van der Waals surface area contributed by atoms with Gasteiger partial charge in [-0.25, -0.2) is 0 Å². The van der Waals surface area contributed by atoms with Gasteiger partial charge in [0.2, 0.25) is 0 Å². The molecule has 21 heavy (non-hydrogen) atoms. The quantitative estimate of drug-likeness (QED) is 0.285. The van der Waals surface area contributed by atoms with Gasteiger partial charge in [0.05, 0.1) is 17.0 Å². The molecule has 3 aliphatic rings. The molecule has 0 bridgehead atoms. The van der Waals surface area contributed by atoms with E-state index in [1.54, 1.807) is 116 Å². The Kier molecular flexibility index (Phi) is 9.93. The number of halogens is 1. The number of hydrogen-bond acceptors (Lipinski definition) is 0. The summed E-state index contributed by atoms with van der Waals surface area (Å²) in [4.78, 5) is 0. The van der Waals surface area contributed by atoms with Gasteiger partial charge in [-0.3, -0.25) is 0 Å². The molecule has 0 radical (unpaired) electrons. The molecule has 128 valence electrons. The van der Waals surface area contributed by atoms with Crippen LogP contribution in [0, 0.1) is 0 Å². The van der Waals surface area contributed by atoms with Gasteiger partial charge in [-0.1, -0.05) is 19.3 Å². The predicted octanol–water partition coefficient (Wildman–Crippen LogP) is 6.89. The summed E-state index contributed by atoms with van der Waals surface area (Å²) in [5.74, 6) is 0. The second-order valence-corrected chi connectivity index (χ2v) is 11.0. The maximum atomic E-state index is 4.58. The summed E-state index contributed by atoms with van der Waals surface area (Å²) in [6.07, 6.45) is 23.8. The average molecular weight is 514 g/mol. The molecule has 0 aliphatic heterocycles. The summed E-state index contributed by atoms with van der Waals surface area (Å²) in [6.45, 7) is 0. The second kappa shape index (κ2) is 11.1. The van der Waals surface area contributed by atoms with Crippen molar-refractivity contribution in [2.75, 3.05) is 0 Å². The molecule has 0 spiro atoms. The fourth-order valence-corrected chi connectivity index (χ4v) is 10.5. The van der Waals surface area contributed by atoms with Crippen molar-refractivity contribution in [3.63, 3.8) is 0 Å². The first-order valence-corrected chi connectivity index (χ1v) is 13.8.